The summed E-state index contributed by atoms with van der Waals surface area (Å²) in [7, 11) is 1.90. The second-order valence-corrected chi connectivity index (χ2v) is 6.08. The molecule has 1 aromatic rings. The second-order valence-electron chi connectivity index (χ2n) is 6.08. The zero-order chi connectivity index (χ0) is 14.8. The van der Waals surface area contributed by atoms with E-state index in [0.717, 1.165) is 44.6 Å². The maximum absolute atomic E-state index is 11.8. The Labute approximate surface area is 124 Å². The largest absolute Gasteiger partial charge is 0.388 e. The number of nitrogens with zero attached hydrogens (tertiary/aromatic N) is 4. The van der Waals surface area contributed by atoms with Gasteiger partial charge in [-0.05, 0) is 38.8 Å². The van der Waals surface area contributed by atoms with Crippen LogP contribution < -0.4 is 5.32 Å². The van der Waals surface area contributed by atoms with Crippen LogP contribution >= 0.6 is 0 Å². The van der Waals surface area contributed by atoms with E-state index in [-0.39, 0.29) is 12.5 Å². The minimum Gasteiger partial charge on any atom is -0.388 e. The van der Waals surface area contributed by atoms with E-state index in [2.05, 4.69) is 20.4 Å². The highest BCUT2D eigenvalue weighted by molar-refractivity contribution is 5.78. The van der Waals surface area contributed by atoms with Crippen LogP contribution in [0.5, 0.6) is 0 Å². The van der Waals surface area contributed by atoms with Gasteiger partial charge in [0, 0.05) is 19.0 Å². The lowest BCUT2D eigenvalue weighted by molar-refractivity contribution is -0.122. The molecule has 2 aliphatic rings. The van der Waals surface area contributed by atoms with Gasteiger partial charge < -0.3 is 15.0 Å². The first-order valence-electron chi connectivity index (χ1n) is 7.68. The van der Waals surface area contributed by atoms with E-state index in [4.69, 9.17) is 0 Å². The summed E-state index contributed by atoms with van der Waals surface area (Å²) in [6.45, 7) is 2.24. The van der Waals surface area contributed by atoms with Gasteiger partial charge in [-0.15, -0.1) is 10.2 Å². The lowest BCUT2D eigenvalue weighted by Crippen LogP contribution is -2.42. The van der Waals surface area contributed by atoms with Crippen LogP contribution in [0.3, 0.4) is 0 Å². The molecule has 2 heterocycles. The van der Waals surface area contributed by atoms with Crippen molar-refractivity contribution in [3.05, 3.63) is 11.6 Å². The summed E-state index contributed by atoms with van der Waals surface area (Å²) in [6, 6.07) is 0.436. The molecule has 1 aliphatic heterocycles. The third-order valence-electron chi connectivity index (χ3n) is 4.40. The first-order chi connectivity index (χ1) is 10.2. The summed E-state index contributed by atoms with van der Waals surface area (Å²) in [5.41, 5.74) is 0. The molecule has 2 fully saturated rings. The molecule has 1 saturated carbocycles. The molecule has 1 aromatic heterocycles. The standard InChI is InChI=1S/C14H23N5O2/c1-18-12(9-20)16-17-14(18)10-4-6-19(7-5-10)8-13(21)15-11-2-3-11/h10-11,20H,2-9H2,1H3,(H,15,21). The third kappa shape index (κ3) is 3.41. The third-order valence-corrected chi connectivity index (χ3v) is 4.40. The second kappa shape index (κ2) is 6.11. The molecule has 7 heteroatoms. The highest BCUT2D eigenvalue weighted by atomic mass is 16.3. The molecule has 1 saturated heterocycles. The normalized spacial score (nSPS) is 20.7. The summed E-state index contributed by atoms with van der Waals surface area (Å²) in [6.07, 6.45) is 4.22. The van der Waals surface area contributed by atoms with E-state index in [1.807, 2.05) is 11.6 Å². The predicted molar refractivity (Wildman–Crippen MR) is 76.5 cm³/mol. The topological polar surface area (TPSA) is 83.3 Å². The summed E-state index contributed by atoms with van der Waals surface area (Å²) in [5, 5.41) is 20.4. The summed E-state index contributed by atoms with van der Waals surface area (Å²) >= 11 is 0. The summed E-state index contributed by atoms with van der Waals surface area (Å²) in [5.74, 6) is 2.07. The van der Waals surface area contributed by atoms with E-state index in [9.17, 15) is 9.90 Å². The van der Waals surface area contributed by atoms with Crippen molar-refractivity contribution in [2.75, 3.05) is 19.6 Å². The Kier molecular flexibility index (Phi) is 4.21. The smallest absolute Gasteiger partial charge is 0.234 e. The molecule has 0 bridgehead atoms. The number of aliphatic hydroxyl groups is 1. The fourth-order valence-electron chi connectivity index (χ4n) is 2.92. The SMILES string of the molecule is Cn1c(CO)nnc1C1CCN(CC(=O)NC2CC2)CC1. The average molecular weight is 293 g/mol. The number of carbonyl (C=O) groups excluding carboxylic acids is 1. The molecule has 0 aromatic carbocycles. The van der Waals surface area contributed by atoms with Crippen LogP contribution in [0.2, 0.25) is 0 Å². The van der Waals surface area contributed by atoms with E-state index in [1.54, 1.807) is 0 Å². The molecular formula is C14H23N5O2. The number of carbonyl (C=O) groups is 1. The van der Waals surface area contributed by atoms with Crippen molar-refractivity contribution in [2.24, 2.45) is 7.05 Å². The number of hydrogen-bond donors (Lipinski definition) is 2. The number of amides is 1. The van der Waals surface area contributed by atoms with Crippen LogP contribution in [0.1, 0.15) is 43.3 Å². The Morgan fingerprint density at radius 3 is 2.57 bits per heavy atom. The van der Waals surface area contributed by atoms with Crippen molar-refractivity contribution < 1.29 is 9.90 Å². The molecule has 0 radical (unpaired) electrons. The number of nitrogens with one attached hydrogen (secondary N) is 1. The number of rotatable bonds is 5. The van der Waals surface area contributed by atoms with Crippen LogP contribution in [0.15, 0.2) is 0 Å². The monoisotopic (exact) mass is 293 g/mol. The van der Waals surface area contributed by atoms with Crippen LogP contribution in [0, 0.1) is 0 Å². The minimum absolute atomic E-state index is 0.0797. The number of aromatic nitrogens is 3. The van der Waals surface area contributed by atoms with Crippen LogP contribution in [0.25, 0.3) is 0 Å². The lowest BCUT2D eigenvalue weighted by atomic mass is 9.96. The molecule has 1 aliphatic carbocycles. The Hall–Kier alpha value is -1.47. The van der Waals surface area contributed by atoms with E-state index < -0.39 is 0 Å². The highest BCUT2D eigenvalue weighted by Gasteiger charge is 2.27. The Morgan fingerprint density at radius 2 is 2.00 bits per heavy atom. The van der Waals surface area contributed by atoms with Gasteiger partial charge in [0.2, 0.25) is 5.91 Å². The molecule has 7 nitrogen and oxygen atoms in total. The summed E-state index contributed by atoms with van der Waals surface area (Å²) in [4.78, 5) is 14.0. The summed E-state index contributed by atoms with van der Waals surface area (Å²) < 4.78 is 1.89. The van der Waals surface area contributed by atoms with Gasteiger partial charge in [-0.3, -0.25) is 9.69 Å². The van der Waals surface area contributed by atoms with Crippen molar-refractivity contribution in [1.29, 1.82) is 0 Å². The van der Waals surface area contributed by atoms with Crippen LogP contribution in [-0.4, -0.2) is 56.4 Å². The van der Waals surface area contributed by atoms with E-state index in [0.29, 0.717) is 24.3 Å². The predicted octanol–water partition coefficient (Wildman–Crippen LogP) is -0.235. The molecule has 2 N–H and O–H groups in total. The van der Waals surface area contributed by atoms with Gasteiger partial charge in [0.1, 0.15) is 12.4 Å². The quantitative estimate of drug-likeness (QED) is 0.783. The van der Waals surface area contributed by atoms with Crippen molar-refractivity contribution in [1.82, 2.24) is 25.0 Å². The zero-order valence-electron chi connectivity index (χ0n) is 12.5. The first kappa shape index (κ1) is 14.5. The Bertz CT molecular complexity index is 503. The van der Waals surface area contributed by atoms with Gasteiger partial charge in [-0.1, -0.05) is 0 Å². The van der Waals surface area contributed by atoms with E-state index in [1.165, 1.54) is 0 Å². The van der Waals surface area contributed by atoms with Crippen LogP contribution in [0.4, 0.5) is 0 Å². The minimum atomic E-state index is -0.0797. The maximum atomic E-state index is 11.8. The van der Waals surface area contributed by atoms with Gasteiger partial charge in [0.05, 0.1) is 6.54 Å². The van der Waals surface area contributed by atoms with Crippen molar-refractivity contribution >= 4 is 5.91 Å². The molecule has 0 atom stereocenters. The fraction of sp³-hybridized carbons (Fsp3) is 0.786. The van der Waals surface area contributed by atoms with Gasteiger partial charge >= 0.3 is 0 Å². The van der Waals surface area contributed by atoms with Gasteiger partial charge in [-0.25, -0.2) is 0 Å². The van der Waals surface area contributed by atoms with Gasteiger partial charge in [0.25, 0.3) is 0 Å². The van der Waals surface area contributed by atoms with Crippen molar-refractivity contribution in [2.45, 2.75) is 44.2 Å². The maximum Gasteiger partial charge on any atom is 0.234 e. The molecule has 1 amide bonds. The number of piperidine rings is 1. The highest BCUT2D eigenvalue weighted by Crippen LogP contribution is 2.26. The molecule has 3 rings (SSSR count). The van der Waals surface area contributed by atoms with Crippen molar-refractivity contribution in [3.8, 4) is 0 Å². The zero-order valence-corrected chi connectivity index (χ0v) is 12.5. The number of aliphatic hydroxyl groups excluding tert-OH is 1. The number of likely N-dealkylation sites (tertiary alicyclic amines) is 1. The molecule has 116 valence electrons. The van der Waals surface area contributed by atoms with Gasteiger partial charge in [-0.2, -0.15) is 0 Å². The molecule has 21 heavy (non-hydrogen) atoms. The van der Waals surface area contributed by atoms with Crippen LogP contribution in [-0.2, 0) is 18.4 Å². The average Bonchev–Trinajstić information content (AvgIpc) is 3.20. The molecule has 0 spiro atoms. The Morgan fingerprint density at radius 1 is 1.29 bits per heavy atom. The lowest BCUT2D eigenvalue weighted by Gasteiger charge is -2.30. The van der Waals surface area contributed by atoms with Gasteiger partial charge in [0.15, 0.2) is 5.82 Å². The number of hydrogen-bond acceptors (Lipinski definition) is 5. The van der Waals surface area contributed by atoms with E-state index >= 15 is 0 Å². The van der Waals surface area contributed by atoms with Crippen molar-refractivity contribution in [3.63, 3.8) is 0 Å². The fourth-order valence-corrected chi connectivity index (χ4v) is 2.92. The molecule has 0 unspecified atom stereocenters. The Balaban J connectivity index is 1.49. The molecular weight excluding hydrogens is 270 g/mol. The first-order valence-corrected chi connectivity index (χ1v) is 7.68.